The summed E-state index contributed by atoms with van der Waals surface area (Å²) < 4.78 is 33.2. The maximum atomic E-state index is 13.7. The van der Waals surface area contributed by atoms with Crippen LogP contribution in [-0.4, -0.2) is 10.9 Å². The minimum absolute atomic E-state index is 0.0739. The number of pyridine rings is 1. The number of benzene rings is 2. The highest BCUT2D eigenvalue weighted by atomic mass is 79.9. The Balaban J connectivity index is 1.84. The molecule has 3 rings (SSSR count). The van der Waals surface area contributed by atoms with Crippen molar-refractivity contribution in [3.8, 4) is 11.6 Å². The SMILES string of the molecule is O=C(Nc1ccc(F)cc1F)c1cccnc1Oc1ccc(Br)cc1. The minimum atomic E-state index is -0.868. The van der Waals surface area contributed by atoms with Gasteiger partial charge in [0.15, 0.2) is 0 Å². The molecule has 3 aromatic rings. The third-order valence-corrected chi connectivity index (χ3v) is 3.75. The topological polar surface area (TPSA) is 51.2 Å². The molecule has 7 heteroatoms. The van der Waals surface area contributed by atoms with Crippen LogP contribution in [-0.2, 0) is 0 Å². The number of aromatic nitrogens is 1. The summed E-state index contributed by atoms with van der Waals surface area (Å²) in [4.78, 5) is 16.5. The van der Waals surface area contributed by atoms with Gasteiger partial charge in [0.25, 0.3) is 5.91 Å². The van der Waals surface area contributed by atoms with Crippen molar-refractivity contribution >= 4 is 27.5 Å². The molecule has 0 unspecified atom stereocenters. The highest BCUT2D eigenvalue weighted by Gasteiger charge is 2.16. The first kappa shape index (κ1) is 17.0. The Kier molecular flexibility index (Phi) is 5.04. The van der Waals surface area contributed by atoms with E-state index in [0.29, 0.717) is 11.8 Å². The Labute approximate surface area is 150 Å². The van der Waals surface area contributed by atoms with Crippen LogP contribution in [0.2, 0.25) is 0 Å². The average molecular weight is 405 g/mol. The monoisotopic (exact) mass is 404 g/mol. The summed E-state index contributed by atoms with van der Waals surface area (Å²) in [6.45, 7) is 0. The quantitative estimate of drug-likeness (QED) is 0.652. The Bertz CT molecular complexity index is 917. The van der Waals surface area contributed by atoms with Gasteiger partial charge in [0.2, 0.25) is 5.88 Å². The number of hydrogen-bond acceptors (Lipinski definition) is 3. The molecule has 0 fully saturated rings. The lowest BCUT2D eigenvalue weighted by atomic mass is 10.2. The van der Waals surface area contributed by atoms with Crippen LogP contribution in [0.3, 0.4) is 0 Å². The first-order valence-electron chi connectivity index (χ1n) is 7.18. The van der Waals surface area contributed by atoms with Crippen molar-refractivity contribution in [2.45, 2.75) is 0 Å². The van der Waals surface area contributed by atoms with E-state index in [1.807, 2.05) is 0 Å². The molecule has 0 atom stereocenters. The fourth-order valence-electron chi connectivity index (χ4n) is 2.04. The highest BCUT2D eigenvalue weighted by molar-refractivity contribution is 9.10. The minimum Gasteiger partial charge on any atom is -0.438 e. The molecular weight excluding hydrogens is 394 g/mol. The second-order valence-electron chi connectivity index (χ2n) is 4.99. The summed E-state index contributed by atoms with van der Waals surface area (Å²) in [6, 6.07) is 12.9. The molecule has 0 spiro atoms. The van der Waals surface area contributed by atoms with E-state index >= 15 is 0 Å². The van der Waals surface area contributed by atoms with Gasteiger partial charge < -0.3 is 10.1 Å². The third-order valence-electron chi connectivity index (χ3n) is 3.22. The standard InChI is InChI=1S/C18H11BrF2N2O2/c19-11-3-6-13(7-4-11)25-18-14(2-1-9-22-18)17(24)23-16-8-5-12(20)10-15(16)21/h1-10H,(H,23,24). The van der Waals surface area contributed by atoms with E-state index in [1.165, 1.54) is 12.3 Å². The van der Waals surface area contributed by atoms with Gasteiger partial charge in [-0.15, -0.1) is 0 Å². The Morgan fingerprint density at radius 3 is 2.56 bits per heavy atom. The van der Waals surface area contributed by atoms with Gasteiger partial charge in [-0.3, -0.25) is 4.79 Å². The van der Waals surface area contributed by atoms with Gasteiger partial charge in [-0.2, -0.15) is 0 Å². The molecule has 1 heterocycles. The van der Waals surface area contributed by atoms with Crippen LogP contribution >= 0.6 is 15.9 Å². The van der Waals surface area contributed by atoms with Crippen molar-refractivity contribution in [1.29, 1.82) is 0 Å². The van der Waals surface area contributed by atoms with Crippen molar-refractivity contribution in [3.05, 3.63) is 82.5 Å². The van der Waals surface area contributed by atoms with Crippen molar-refractivity contribution < 1.29 is 18.3 Å². The van der Waals surface area contributed by atoms with E-state index in [9.17, 15) is 13.6 Å². The number of nitrogens with zero attached hydrogens (tertiary/aromatic N) is 1. The van der Waals surface area contributed by atoms with E-state index in [4.69, 9.17) is 4.74 Å². The van der Waals surface area contributed by atoms with Crippen molar-refractivity contribution in [2.24, 2.45) is 0 Å². The van der Waals surface area contributed by atoms with Crippen LogP contribution in [0.15, 0.2) is 65.3 Å². The molecule has 0 aliphatic carbocycles. The van der Waals surface area contributed by atoms with Gasteiger partial charge in [-0.1, -0.05) is 15.9 Å². The second kappa shape index (κ2) is 7.40. The Morgan fingerprint density at radius 2 is 1.84 bits per heavy atom. The Hall–Kier alpha value is -2.80. The number of halogens is 3. The van der Waals surface area contributed by atoms with Crippen LogP contribution in [0, 0.1) is 11.6 Å². The van der Waals surface area contributed by atoms with E-state index in [1.54, 1.807) is 30.3 Å². The number of nitrogens with one attached hydrogen (secondary N) is 1. The molecule has 1 aromatic heterocycles. The van der Waals surface area contributed by atoms with Crippen molar-refractivity contribution in [3.63, 3.8) is 0 Å². The molecule has 2 aromatic carbocycles. The summed E-state index contributed by atoms with van der Waals surface area (Å²) >= 11 is 3.32. The van der Waals surface area contributed by atoms with Crippen LogP contribution in [0.4, 0.5) is 14.5 Å². The maximum absolute atomic E-state index is 13.7. The van der Waals surface area contributed by atoms with Gasteiger partial charge in [0.1, 0.15) is 22.9 Å². The van der Waals surface area contributed by atoms with Crippen molar-refractivity contribution in [2.75, 3.05) is 5.32 Å². The molecule has 25 heavy (non-hydrogen) atoms. The van der Waals surface area contributed by atoms with Crippen molar-refractivity contribution in [1.82, 2.24) is 4.98 Å². The van der Waals surface area contributed by atoms with Crippen LogP contribution < -0.4 is 10.1 Å². The fourth-order valence-corrected chi connectivity index (χ4v) is 2.30. The summed E-state index contributed by atoms with van der Waals surface area (Å²) in [7, 11) is 0. The largest absolute Gasteiger partial charge is 0.438 e. The van der Waals surface area contributed by atoms with Gasteiger partial charge in [0.05, 0.1) is 5.69 Å². The molecule has 1 amide bonds. The first-order chi connectivity index (χ1) is 12.0. The predicted octanol–water partition coefficient (Wildman–Crippen LogP) is 5.17. The van der Waals surface area contributed by atoms with Gasteiger partial charge in [0, 0.05) is 16.7 Å². The maximum Gasteiger partial charge on any atom is 0.261 e. The Morgan fingerprint density at radius 1 is 1.08 bits per heavy atom. The number of ether oxygens (including phenoxy) is 1. The number of carbonyl (C=O) groups is 1. The zero-order valence-electron chi connectivity index (χ0n) is 12.7. The molecular formula is C18H11BrF2N2O2. The lowest BCUT2D eigenvalue weighted by Crippen LogP contribution is -2.14. The molecule has 0 radical (unpaired) electrons. The number of rotatable bonds is 4. The molecule has 4 nitrogen and oxygen atoms in total. The zero-order chi connectivity index (χ0) is 17.8. The molecule has 0 bridgehead atoms. The number of amides is 1. The molecule has 0 saturated heterocycles. The second-order valence-corrected chi connectivity index (χ2v) is 5.91. The molecule has 0 saturated carbocycles. The normalized spacial score (nSPS) is 10.4. The number of anilines is 1. The first-order valence-corrected chi connectivity index (χ1v) is 7.97. The van der Waals surface area contributed by atoms with Crippen LogP contribution in [0.25, 0.3) is 0 Å². The molecule has 0 aliphatic rings. The highest BCUT2D eigenvalue weighted by Crippen LogP contribution is 2.25. The average Bonchev–Trinajstić information content (AvgIpc) is 2.60. The van der Waals surface area contributed by atoms with Gasteiger partial charge in [-0.05, 0) is 48.5 Å². The smallest absolute Gasteiger partial charge is 0.261 e. The summed E-state index contributed by atoms with van der Waals surface area (Å²) in [5.74, 6) is -1.65. The number of hydrogen-bond donors (Lipinski definition) is 1. The van der Waals surface area contributed by atoms with Crippen LogP contribution in [0.1, 0.15) is 10.4 Å². The third kappa shape index (κ3) is 4.19. The molecule has 126 valence electrons. The zero-order valence-corrected chi connectivity index (χ0v) is 14.3. The fraction of sp³-hybridized carbons (Fsp3) is 0. The van der Waals surface area contributed by atoms with Gasteiger partial charge in [-0.25, -0.2) is 13.8 Å². The van der Waals surface area contributed by atoms with Crippen LogP contribution in [0.5, 0.6) is 11.6 Å². The number of carbonyl (C=O) groups excluding carboxylic acids is 1. The predicted molar refractivity (Wildman–Crippen MR) is 92.8 cm³/mol. The molecule has 1 N–H and O–H groups in total. The summed E-state index contributed by atoms with van der Waals surface area (Å²) in [5.41, 5.74) is -0.0148. The summed E-state index contributed by atoms with van der Waals surface area (Å²) in [5, 5.41) is 2.38. The van der Waals surface area contributed by atoms with E-state index in [0.717, 1.165) is 16.6 Å². The molecule has 0 aliphatic heterocycles. The van der Waals surface area contributed by atoms with E-state index in [2.05, 4.69) is 26.2 Å². The van der Waals surface area contributed by atoms with E-state index < -0.39 is 17.5 Å². The van der Waals surface area contributed by atoms with Gasteiger partial charge >= 0.3 is 0 Å². The summed E-state index contributed by atoms with van der Waals surface area (Å²) in [6.07, 6.45) is 1.48. The van der Waals surface area contributed by atoms with E-state index in [-0.39, 0.29) is 17.1 Å². The lowest BCUT2D eigenvalue weighted by molar-refractivity contribution is 0.102. The lowest BCUT2D eigenvalue weighted by Gasteiger charge is -2.11.